The number of hydrogen-bond acceptors (Lipinski definition) is 2. The Bertz CT molecular complexity index is 21.7. The van der Waals surface area contributed by atoms with E-state index in [-0.39, 0.29) is 51.4 Å². The fourth-order valence-corrected chi connectivity index (χ4v) is 0.289. The maximum absolute atomic E-state index is 5.16. The van der Waals surface area contributed by atoms with Gasteiger partial charge in [0.1, 0.15) is 0 Å². The molecule has 0 aliphatic heterocycles. The summed E-state index contributed by atoms with van der Waals surface area (Å²) in [5, 5.41) is 0. The molecule has 0 atom stereocenters. The van der Waals surface area contributed by atoms with Gasteiger partial charge in [-0.25, -0.2) is 0 Å². The monoisotopic (exact) mass is 128 g/mol. The third-order valence-corrected chi connectivity index (χ3v) is 0.658. The van der Waals surface area contributed by atoms with Gasteiger partial charge in [0.15, 0.2) is 0 Å². The second-order valence-corrected chi connectivity index (χ2v) is 1.28. The van der Waals surface area contributed by atoms with E-state index >= 15 is 0 Å². The summed E-state index contributed by atoms with van der Waals surface area (Å²) in [5.41, 5.74) is 10.3. The first-order valence-corrected chi connectivity index (χ1v) is 2.32. The molecule has 0 fully saturated rings. The predicted octanol–water partition coefficient (Wildman–Crippen LogP) is -0.964. The molecule has 0 saturated carbocycles. The van der Waals surface area contributed by atoms with E-state index in [1.807, 2.05) is 0 Å². The van der Waals surface area contributed by atoms with Crippen molar-refractivity contribution >= 4 is 51.4 Å². The van der Waals surface area contributed by atoms with Crippen molar-refractivity contribution in [3.63, 3.8) is 0 Å². The molecule has 0 rings (SSSR count). The molecule has 0 spiro atoms. The van der Waals surface area contributed by atoms with Crippen molar-refractivity contribution in [2.24, 2.45) is 11.5 Å². The van der Waals surface area contributed by atoms with Gasteiger partial charge in [0.25, 0.3) is 0 Å². The number of rotatable bonds is 3. The third kappa shape index (κ3) is 11.2. The van der Waals surface area contributed by atoms with E-state index in [2.05, 4.69) is 0 Å². The van der Waals surface area contributed by atoms with Crippen molar-refractivity contribution in [1.29, 1.82) is 0 Å². The molecule has 0 amide bonds. The van der Waals surface area contributed by atoms with Gasteiger partial charge in [-0.05, 0) is 25.9 Å². The Kier molecular flexibility index (Phi) is 17.1. The Balaban J connectivity index is 0. The molecule has 4 N–H and O–H groups in total. The summed E-state index contributed by atoms with van der Waals surface area (Å²) in [6, 6.07) is 0. The van der Waals surface area contributed by atoms with Gasteiger partial charge in [-0.1, -0.05) is 0 Å². The summed E-state index contributed by atoms with van der Waals surface area (Å²) in [6.45, 7) is 1.55. The van der Waals surface area contributed by atoms with Gasteiger partial charge in [0.2, 0.25) is 0 Å². The Hall–Kier alpha value is 1.56. The fourth-order valence-electron chi connectivity index (χ4n) is 0.289. The first kappa shape index (κ1) is 11.4. The van der Waals surface area contributed by atoms with Crippen molar-refractivity contribution < 1.29 is 0 Å². The zero-order chi connectivity index (χ0) is 4.83. The molecule has 0 aliphatic rings. The van der Waals surface area contributed by atoms with E-state index < -0.39 is 0 Å². The van der Waals surface area contributed by atoms with Gasteiger partial charge in [-0.15, -0.1) is 0 Å². The Morgan fingerprint density at radius 2 is 1.14 bits per heavy atom. The van der Waals surface area contributed by atoms with Crippen LogP contribution in [0.5, 0.6) is 0 Å². The number of nitrogens with two attached hydrogens (primary N) is 2. The summed E-state index contributed by atoms with van der Waals surface area (Å²) in [5.74, 6) is 0. The van der Waals surface area contributed by atoms with Gasteiger partial charge in [0.05, 0.1) is 0 Å². The van der Waals surface area contributed by atoms with Crippen LogP contribution in [0.2, 0.25) is 0 Å². The molecule has 0 heterocycles. The van der Waals surface area contributed by atoms with Gasteiger partial charge >= 0.3 is 51.4 Å². The predicted molar refractivity (Wildman–Crippen MR) is 34.5 cm³/mol. The molecule has 0 aromatic carbocycles. The second kappa shape index (κ2) is 10.5. The van der Waals surface area contributed by atoms with Crippen molar-refractivity contribution in [3.8, 4) is 0 Å². The van der Waals surface area contributed by atoms with Gasteiger partial charge in [-0.2, -0.15) is 0 Å². The van der Waals surface area contributed by atoms with Crippen LogP contribution in [0.4, 0.5) is 0 Å². The van der Waals surface area contributed by atoms with Gasteiger partial charge < -0.3 is 11.5 Å². The van der Waals surface area contributed by atoms with Crippen LogP contribution in [-0.4, -0.2) is 64.5 Å². The van der Waals surface area contributed by atoms with E-state index in [4.69, 9.17) is 11.5 Å². The molecule has 2 nitrogen and oxygen atoms in total. The van der Waals surface area contributed by atoms with E-state index in [0.717, 1.165) is 25.9 Å². The molecule has 3 heteroatoms. The maximum atomic E-state index is 5.16. The minimum atomic E-state index is 0. The molecule has 0 unspecified atom stereocenters. The van der Waals surface area contributed by atoms with Crippen LogP contribution in [0.15, 0.2) is 0 Å². The summed E-state index contributed by atoms with van der Waals surface area (Å²) >= 11 is 0. The normalized spacial score (nSPS) is 7.71. The third-order valence-electron chi connectivity index (χ3n) is 0.658. The molecule has 0 aliphatic carbocycles. The van der Waals surface area contributed by atoms with Gasteiger partial charge in [-0.3, -0.25) is 0 Å². The summed E-state index contributed by atoms with van der Waals surface area (Å²) in [7, 11) is 0. The number of unbranched alkanes of at least 4 members (excludes halogenated alkanes) is 1. The second-order valence-electron chi connectivity index (χ2n) is 1.28. The molecule has 0 radical (unpaired) electrons. The Morgan fingerprint density at radius 1 is 0.857 bits per heavy atom. The summed E-state index contributed by atoms with van der Waals surface area (Å²) in [4.78, 5) is 0. The number of hydrogen-bond donors (Lipinski definition) is 2. The van der Waals surface area contributed by atoms with Crippen molar-refractivity contribution in [1.82, 2.24) is 0 Å². The van der Waals surface area contributed by atoms with E-state index in [1.54, 1.807) is 0 Å². The average molecular weight is 128 g/mol. The molecule has 0 aromatic heterocycles. The molecule has 0 bridgehead atoms. The van der Waals surface area contributed by atoms with Crippen molar-refractivity contribution in [2.75, 3.05) is 13.1 Å². The van der Waals surface area contributed by atoms with Crippen LogP contribution < -0.4 is 11.5 Å². The van der Waals surface area contributed by atoms with Crippen LogP contribution in [0.1, 0.15) is 12.8 Å². The molecule has 40 valence electrons. The van der Waals surface area contributed by atoms with Crippen LogP contribution >= 0.6 is 0 Å². The minimum absolute atomic E-state index is 0. The van der Waals surface area contributed by atoms with E-state index in [1.165, 1.54) is 0 Å². The van der Waals surface area contributed by atoms with Crippen LogP contribution in [0.3, 0.4) is 0 Å². The molecular weight excluding hydrogens is 115 g/mol. The van der Waals surface area contributed by atoms with Crippen LogP contribution in [0, 0.1) is 0 Å². The molecule has 0 aromatic rings. The molecule has 7 heavy (non-hydrogen) atoms. The summed E-state index contributed by atoms with van der Waals surface area (Å²) < 4.78 is 0. The molecular formula is C4H13KN2. The first-order chi connectivity index (χ1) is 2.91. The van der Waals surface area contributed by atoms with Crippen molar-refractivity contribution in [3.05, 3.63) is 0 Å². The van der Waals surface area contributed by atoms with Gasteiger partial charge in [0, 0.05) is 0 Å². The van der Waals surface area contributed by atoms with E-state index in [9.17, 15) is 0 Å². The zero-order valence-corrected chi connectivity index (χ0v) is 3.98. The SMILES string of the molecule is NCCCCN.[KH]. The first-order valence-electron chi connectivity index (χ1n) is 2.32. The van der Waals surface area contributed by atoms with Crippen LogP contribution in [0.25, 0.3) is 0 Å². The Morgan fingerprint density at radius 3 is 1.29 bits per heavy atom. The average Bonchev–Trinajstić information content (AvgIpc) is 1.61. The van der Waals surface area contributed by atoms with Crippen molar-refractivity contribution in [2.45, 2.75) is 12.8 Å². The standard InChI is InChI=1S/C4H12N2.K.H/c5-3-1-2-4-6;;/h1-6H2;;. The summed E-state index contributed by atoms with van der Waals surface area (Å²) in [6.07, 6.45) is 2.13. The zero-order valence-electron chi connectivity index (χ0n) is 3.98. The molecule has 0 saturated heterocycles. The Labute approximate surface area is 87.4 Å². The quantitative estimate of drug-likeness (QED) is 0.380. The topological polar surface area (TPSA) is 52.0 Å². The van der Waals surface area contributed by atoms with E-state index in [0.29, 0.717) is 0 Å². The van der Waals surface area contributed by atoms with Crippen LogP contribution in [-0.2, 0) is 0 Å². The fraction of sp³-hybridized carbons (Fsp3) is 1.00.